The van der Waals surface area contributed by atoms with Crippen molar-refractivity contribution in [3.63, 3.8) is 0 Å². The fourth-order valence-electron chi connectivity index (χ4n) is 3.02. The number of hydrogen-bond donors (Lipinski definition) is 0. The maximum atomic E-state index is 11.5. The molecule has 3 rings (SSSR count). The fourth-order valence-corrected chi connectivity index (χ4v) is 3.65. The summed E-state index contributed by atoms with van der Waals surface area (Å²) < 4.78 is 17.1. The van der Waals surface area contributed by atoms with Crippen molar-refractivity contribution in [2.24, 2.45) is 0 Å². The largest absolute Gasteiger partial charge is 0.513 e. The lowest BCUT2D eigenvalue weighted by molar-refractivity contribution is 0.120. The molecule has 26 heavy (non-hydrogen) atoms. The molecule has 138 valence electrons. The summed E-state index contributed by atoms with van der Waals surface area (Å²) in [5.74, 6) is 2.01. The van der Waals surface area contributed by atoms with Crippen molar-refractivity contribution in [3.05, 3.63) is 56.2 Å². The Kier molecular flexibility index (Phi) is 6.06. The van der Waals surface area contributed by atoms with Crippen LogP contribution >= 0.6 is 22.6 Å². The second-order valence-corrected chi connectivity index (χ2v) is 7.67. The molecule has 5 heteroatoms. The highest BCUT2D eigenvalue weighted by atomic mass is 127. The van der Waals surface area contributed by atoms with Crippen molar-refractivity contribution >= 4 is 28.7 Å². The molecule has 2 aromatic rings. The molecule has 0 aromatic heterocycles. The van der Waals surface area contributed by atoms with Gasteiger partial charge < -0.3 is 14.2 Å². The predicted octanol–water partition coefficient (Wildman–Crippen LogP) is 5.76. The van der Waals surface area contributed by atoms with Crippen LogP contribution in [0.25, 0.3) is 0 Å². The molecule has 2 aromatic carbocycles. The monoisotopic (exact) mass is 466 g/mol. The van der Waals surface area contributed by atoms with Gasteiger partial charge in [0.15, 0.2) is 0 Å². The summed E-state index contributed by atoms with van der Waals surface area (Å²) >= 11 is 2.23. The summed E-state index contributed by atoms with van der Waals surface area (Å²) in [4.78, 5) is 11.5. The van der Waals surface area contributed by atoms with Gasteiger partial charge in [0.25, 0.3) is 0 Å². The third-order valence-corrected chi connectivity index (χ3v) is 5.68. The molecule has 1 aliphatic carbocycles. The summed E-state index contributed by atoms with van der Waals surface area (Å²) in [7, 11) is 1.30. The lowest BCUT2D eigenvalue weighted by atomic mass is 9.99. The fraction of sp³-hybridized carbons (Fsp3) is 0.381. The number of hydrogen-bond acceptors (Lipinski definition) is 4. The van der Waals surface area contributed by atoms with Gasteiger partial charge in [0.2, 0.25) is 0 Å². The SMILES string of the molecule is CCc1cc(C2CC2)c(OCc2c(I)cccc2OC(=O)OC)cc1C. The summed E-state index contributed by atoms with van der Waals surface area (Å²) in [5, 5.41) is 0. The van der Waals surface area contributed by atoms with E-state index in [1.807, 2.05) is 12.1 Å². The summed E-state index contributed by atoms with van der Waals surface area (Å²) in [6, 6.07) is 10.0. The Morgan fingerprint density at radius 2 is 2.00 bits per heavy atom. The highest BCUT2D eigenvalue weighted by molar-refractivity contribution is 14.1. The van der Waals surface area contributed by atoms with Crippen molar-refractivity contribution in [1.82, 2.24) is 0 Å². The van der Waals surface area contributed by atoms with E-state index in [0.717, 1.165) is 21.3 Å². The van der Waals surface area contributed by atoms with Crippen molar-refractivity contribution in [2.45, 2.75) is 45.6 Å². The first-order valence-electron chi connectivity index (χ1n) is 8.82. The smallest absolute Gasteiger partial charge is 0.488 e. The van der Waals surface area contributed by atoms with E-state index < -0.39 is 6.16 Å². The average Bonchev–Trinajstić information content (AvgIpc) is 3.46. The molecule has 1 fully saturated rings. The highest BCUT2D eigenvalue weighted by Crippen LogP contribution is 2.45. The Balaban J connectivity index is 1.85. The Morgan fingerprint density at radius 1 is 1.23 bits per heavy atom. The van der Waals surface area contributed by atoms with E-state index in [0.29, 0.717) is 18.3 Å². The second-order valence-electron chi connectivity index (χ2n) is 6.51. The zero-order valence-corrected chi connectivity index (χ0v) is 17.5. The number of carbonyl (C=O) groups excluding carboxylic acids is 1. The summed E-state index contributed by atoms with van der Waals surface area (Å²) in [5.41, 5.74) is 4.77. The van der Waals surface area contributed by atoms with Crippen LogP contribution in [0.3, 0.4) is 0 Å². The van der Waals surface area contributed by atoms with Crippen molar-refractivity contribution in [2.75, 3.05) is 7.11 Å². The van der Waals surface area contributed by atoms with Crippen LogP contribution in [0.2, 0.25) is 0 Å². The Labute approximate surface area is 168 Å². The Bertz CT molecular complexity index is 812. The predicted molar refractivity (Wildman–Crippen MR) is 109 cm³/mol. The minimum Gasteiger partial charge on any atom is -0.488 e. The highest BCUT2D eigenvalue weighted by Gasteiger charge is 2.28. The average molecular weight is 466 g/mol. The van der Waals surface area contributed by atoms with Crippen molar-refractivity contribution in [3.8, 4) is 11.5 Å². The molecule has 0 spiro atoms. The van der Waals surface area contributed by atoms with Gasteiger partial charge in [-0.2, -0.15) is 0 Å². The van der Waals surface area contributed by atoms with Crippen LogP contribution in [0.5, 0.6) is 11.5 Å². The topological polar surface area (TPSA) is 44.8 Å². The Morgan fingerprint density at radius 3 is 2.65 bits per heavy atom. The van der Waals surface area contributed by atoms with Gasteiger partial charge in [-0.3, -0.25) is 0 Å². The standard InChI is InChI=1S/C21H23IO4/c1-4-14-11-16(15-8-9-15)20(10-13(14)2)25-12-17-18(22)6-5-7-19(17)26-21(23)24-3/h5-7,10-11,15H,4,8-9,12H2,1-3H3. The first-order valence-corrected chi connectivity index (χ1v) is 9.90. The summed E-state index contributed by atoms with van der Waals surface area (Å²) in [6.07, 6.45) is 2.75. The van der Waals surface area contributed by atoms with Gasteiger partial charge in [-0.1, -0.05) is 19.1 Å². The number of ether oxygens (including phenoxy) is 3. The molecule has 0 aliphatic heterocycles. The maximum Gasteiger partial charge on any atom is 0.513 e. The van der Waals surface area contributed by atoms with Crippen LogP contribution in [0, 0.1) is 10.5 Å². The molecule has 0 amide bonds. The third kappa shape index (κ3) is 4.31. The van der Waals surface area contributed by atoms with Crippen LogP contribution in [0.15, 0.2) is 30.3 Å². The second kappa shape index (κ2) is 8.29. The zero-order valence-electron chi connectivity index (χ0n) is 15.3. The normalized spacial score (nSPS) is 13.4. The lowest BCUT2D eigenvalue weighted by Crippen LogP contribution is -2.11. The van der Waals surface area contributed by atoms with Crippen LogP contribution < -0.4 is 9.47 Å². The molecule has 0 N–H and O–H groups in total. The van der Waals surface area contributed by atoms with Crippen molar-refractivity contribution in [1.29, 1.82) is 0 Å². The molecule has 0 saturated heterocycles. The van der Waals surface area contributed by atoms with Gasteiger partial charge in [-0.05, 0) is 89.6 Å². The van der Waals surface area contributed by atoms with Gasteiger partial charge in [0.05, 0.1) is 7.11 Å². The van der Waals surface area contributed by atoms with E-state index in [1.54, 1.807) is 6.07 Å². The number of aryl methyl sites for hydroxylation is 2. The van der Waals surface area contributed by atoms with E-state index in [2.05, 4.69) is 53.3 Å². The van der Waals surface area contributed by atoms with Gasteiger partial charge >= 0.3 is 6.16 Å². The van der Waals surface area contributed by atoms with Gasteiger partial charge in [-0.25, -0.2) is 4.79 Å². The van der Waals surface area contributed by atoms with Gasteiger partial charge in [0.1, 0.15) is 18.1 Å². The molecule has 0 radical (unpaired) electrons. The van der Waals surface area contributed by atoms with E-state index >= 15 is 0 Å². The van der Waals surface area contributed by atoms with Crippen LogP contribution in [-0.4, -0.2) is 13.3 Å². The maximum absolute atomic E-state index is 11.5. The molecule has 4 nitrogen and oxygen atoms in total. The van der Waals surface area contributed by atoms with E-state index in [1.165, 1.54) is 36.6 Å². The quantitative estimate of drug-likeness (QED) is 0.308. The molecule has 0 bridgehead atoms. The van der Waals surface area contributed by atoms with E-state index in [-0.39, 0.29) is 0 Å². The lowest BCUT2D eigenvalue weighted by Gasteiger charge is -2.17. The van der Waals surface area contributed by atoms with E-state index in [9.17, 15) is 4.79 Å². The van der Waals surface area contributed by atoms with Gasteiger partial charge in [0, 0.05) is 9.13 Å². The first kappa shape index (κ1) is 19.0. The molecular weight excluding hydrogens is 443 g/mol. The number of halogens is 1. The molecule has 0 heterocycles. The molecule has 1 saturated carbocycles. The van der Waals surface area contributed by atoms with E-state index in [4.69, 9.17) is 9.47 Å². The van der Waals surface area contributed by atoms with Crippen LogP contribution in [0.1, 0.15) is 47.9 Å². The first-order chi connectivity index (χ1) is 12.5. The minimum absolute atomic E-state index is 0.343. The van der Waals surface area contributed by atoms with Gasteiger partial charge in [-0.15, -0.1) is 0 Å². The number of carbonyl (C=O) groups is 1. The minimum atomic E-state index is -0.727. The number of rotatable bonds is 6. The number of methoxy groups -OCH3 is 1. The molecular formula is C21H23IO4. The zero-order chi connectivity index (χ0) is 18.7. The molecule has 0 atom stereocenters. The summed E-state index contributed by atoms with van der Waals surface area (Å²) in [6.45, 7) is 4.65. The Hall–Kier alpha value is -1.76. The molecule has 1 aliphatic rings. The third-order valence-electron chi connectivity index (χ3n) is 4.67. The molecule has 0 unspecified atom stereocenters. The van der Waals surface area contributed by atoms with Crippen LogP contribution in [-0.2, 0) is 17.8 Å². The van der Waals surface area contributed by atoms with Crippen LogP contribution in [0.4, 0.5) is 4.79 Å². The van der Waals surface area contributed by atoms with Crippen molar-refractivity contribution < 1.29 is 19.0 Å². The number of benzene rings is 2.